The molecule has 3 aromatic rings. The molecule has 0 bridgehead atoms. The second-order valence-electron chi connectivity index (χ2n) is 3.68. The second-order valence-corrected chi connectivity index (χ2v) is 3.68. The largest absolute Gasteiger partial charge is 0.506 e. The molecule has 0 amide bonds. The number of aromatic nitrogens is 3. The monoisotopic (exact) mass is 223 g/mol. The van der Waals surface area contributed by atoms with Crippen molar-refractivity contribution in [1.82, 2.24) is 15.0 Å². The molecule has 0 aliphatic carbocycles. The van der Waals surface area contributed by atoms with Crippen LogP contribution in [0.2, 0.25) is 0 Å². The van der Waals surface area contributed by atoms with Crippen molar-refractivity contribution in [1.29, 1.82) is 0 Å². The Morgan fingerprint density at radius 1 is 0.941 bits per heavy atom. The first-order chi connectivity index (χ1) is 8.33. The Labute approximate surface area is 97.6 Å². The molecule has 17 heavy (non-hydrogen) atoms. The average Bonchev–Trinajstić information content (AvgIpc) is 2.38. The molecule has 0 saturated carbocycles. The first-order valence-electron chi connectivity index (χ1n) is 5.19. The van der Waals surface area contributed by atoms with Gasteiger partial charge in [0.1, 0.15) is 5.75 Å². The fourth-order valence-electron chi connectivity index (χ4n) is 1.66. The average molecular weight is 223 g/mol. The Hall–Kier alpha value is -2.49. The minimum atomic E-state index is 0.123. The molecule has 0 aliphatic heterocycles. The molecular weight excluding hydrogens is 214 g/mol. The summed E-state index contributed by atoms with van der Waals surface area (Å²) in [6.07, 6.45) is 4.72. The van der Waals surface area contributed by atoms with Crippen LogP contribution in [0.15, 0.2) is 48.9 Å². The van der Waals surface area contributed by atoms with Gasteiger partial charge in [-0.05, 0) is 18.2 Å². The van der Waals surface area contributed by atoms with Gasteiger partial charge in [0.2, 0.25) is 0 Å². The van der Waals surface area contributed by atoms with E-state index >= 15 is 0 Å². The zero-order valence-corrected chi connectivity index (χ0v) is 8.91. The smallest absolute Gasteiger partial charge is 0.134 e. The van der Waals surface area contributed by atoms with Crippen LogP contribution in [0.1, 0.15) is 0 Å². The molecule has 4 nitrogen and oxygen atoms in total. The maximum Gasteiger partial charge on any atom is 0.134 e. The van der Waals surface area contributed by atoms with E-state index in [0.29, 0.717) is 5.69 Å². The molecule has 0 spiro atoms. The fraction of sp³-hybridized carbons (Fsp3) is 0. The zero-order chi connectivity index (χ0) is 11.7. The van der Waals surface area contributed by atoms with E-state index in [2.05, 4.69) is 15.0 Å². The van der Waals surface area contributed by atoms with Crippen molar-refractivity contribution < 1.29 is 5.11 Å². The summed E-state index contributed by atoms with van der Waals surface area (Å²) in [4.78, 5) is 12.7. The number of hydrogen-bond acceptors (Lipinski definition) is 4. The highest BCUT2D eigenvalue weighted by molar-refractivity contribution is 5.76. The summed E-state index contributed by atoms with van der Waals surface area (Å²) in [6.45, 7) is 0. The van der Waals surface area contributed by atoms with Gasteiger partial charge in [-0.3, -0.25) is 9.97 Å². The highest BCUT2D eigenvalue weighted by atomic mass is 16.3. The predicted molar refractivity (Wildman–Crippen MR) is 64.4 cm³/mol. The number of pyridine rings is 1. The van der Waals surface area contributed by atoms with Gasteiger partial charge >= 0.3 is 0 Å². The SMILES string of the molecule is Oc1cncc(-c2cnc3ccccc3n2)c1. The van der Waals surface area contributed by atoms with Crippen molar-refractivity contribution in [2.24, 2.45) is 0 Å². The van der Waals surface area contributed by atoms with Crippen molar-refractivity contribution in [3.05, 3.63) is 48.9 Å². The van der Waals surface area contributed by atoms with Gasteiger partial charge < -0.3 is 5.11 Å². The lowest BCUT2D eigenvalue weighted by Crippen LogP contribution is -1.88. The molecule has 0 fully saturated rings. The molecule has 0 saturated heterocycles. The van der Waals surface area contributed by atoms with E-state index in [1.165, 1.54) is 6.20 Å². The van der Waals surface area contributed by atoms with Crippen molar-refractivity contribution in [2.45, 2.75) is 0 Å². The Kier molecular flexibility index (Phi) is 2.19. The number of aromatic hydroxyl groups is 1. The predicted octanol–water partition coefficient (Wildman–Crippen LogP) is 2.40. The number of nitrogens with zero attached hydrogens (tertiary/aromatic N) is 3. The van der Waals surface area contributed by atoms with E-state index in [1.807, 2.05) is 24.3 Å². The van der Waals surface area contributed by atoms with Crippen LogP contribution in [0.4, 0.5) is 0 Å². The van der Waals surface area contributed by atoms with E-state index in [0.717, 1.165) is 16.6 Å². The Morgan fingerprint density at radius 3 is 2.59 bits per heavy atom. The van der Waals surface area contributed by atoms with Crippen molar-refractivity contribution in [2.75, 3.05) is 0 Å². The highest BCUT2D eigenvalue weighted by Crippen LogP contribution is 2.21. The van der Waals surface area contributed by atoms with Gasteiger partial charge in [0.05, 0.1) is 29.1 Å². The highest BCUT2D eigenvalue weighted by Gasteiger charge is 2.03. The van der Waals surface area contributed by atoms with Gasteiger partial charge in [0.25, 0.3) is 0 Å². The van der Waals surface area contributed by atoms with Crippen molar-refractivity contribution >= 4 is 11.0 Å². The van der Waals surface area contributed by atoms with E-state index < -0.39 is 0 Å². The minimum Gasteiger partial charge on any atom is -0.506 e. The minimum absolute atomic E-state index is 0.123. The van der Waals surface area contributed by atoms with Crippen LogP contribution in [0.5, 0.6) is 5.75 Å². The molecule has 2 aromatic heterocycles. The van der Waals surface area contributed by atoms with Gasteiger partial charge in [-0.25, -0.2) is 4.98 Å². The third kappa shape index (κ3) is 1.80. The standard InChI is InChI=1S/C13H9N3O/c17-10-5-9(6-14-7-10)13-8-15-11-3-1-2-4-12(11)16-13/h1-8,17H. The number of fused-ring (bicyclic) bond motifs is 1. The second kappa shape index (κ2) is 3.83. The molecule has 1 N–H and O–H groups in total. The number of para-hydroxylation sites is 2. The molecule has 0 radical (unpaired) electrons. The summed E-state index contributed by atoms with van der Waals surface area (Å²) < 4.78 is 0. The van der Waals surface area contributed by atoms with E-state index in [-0.39, 0.29) is 5.75 Å². The summed E-state index contributed by atoms with van der Waals surface area (Å²) in [7, 11) is 0. The Balaban J connectivity index is 2.18. The van der Waals surface area contributed by atoms with Crippen LogP contribution >= 0.6 is 0 Å². The van der Waals surface area contributed by atoms with E-state index in [1.54, 1.807) is 18.5 Å². The first-order valence-corrected chi connectivity index (χ1v) is 5.19. The van der Waals surface area contributed by atoms with Gasteiger partial charge in [-0.15, -0.1) is 0 Å². The van der Waals surface area contributed by atoms with Crippen LogP contribution < -0.4 is 0 Å². The number of rotatable bonds is 1. The lowest BCUT2D eigenvalue weighted by Gasteiger charge is -2.02. The summed E-state index contributed by atoms with van der Waals surface area (Å²) in [5, 5.41) is 9.38. The normalized spacial score (nSPS) is 10.6. The van der Waals surface area contributed by atoms with Gasteiger partial charge in [0.15, 0.2) is 0 Å². The fourth-order valence-corrected chi connectivity index (χ4v) is 1.66. The van der Waals surface area contributed by atoms with Crippen molar-refractivity contribution in [3.63, 3.8) is 0 Å². The van der Waals surface area contributed by atoms with Gasteiger partial charge in [-0.2, -0.15) is 0 Å². The maximum atomic E-state index is 9.38. The van der Waals surface area contributed by atoms with Crippen LogP contribution in [0.25, 0.3) is 22.3 Å². The Bertz CT molecular complexity index is 682. The maximum absolute atomic E-state index is 9.38. The zero-order valence-electron chi connectivity index (χ0n) is 8.91. The van der Waals surface area contributed by atoms with Crippen LogP contribution in [-0.2, 0) is 0 Å². The summed E-state index contributed by atoms with van der Waals surface area (Å²) in [5.74, 6) is 0.123. The Morgan fingerprint density at radius 2 is 1.76 bits per heavy atom. The molecule has 3 rings (SSSR count). The molecule has 0 atom stereocenters. The molecule has 4 heteroatoms. The summed E-state index contributed by atoms with van der Waals surface area (Å²) in [5.41, 5.74) is 3.13. The third-order valence-corrected chi connectivity index (χ3v) is 2.47. The van der Waals surface area contributed by atoms with Crippen LogP contribution in [-0.4, -0.2) is 20.1 Å². The first kappa shape index (κ1) is 9.72. The molecule has 2 heterocycles. The number of benzene rings is 1. The van der Waals surface area contributed by atoms with E-state index in [9.17, 15) is 5.11 Å². The molecule has 0 unspecified atom stereocenters. The van der Waals surface area contributed by atoms with Gasteiger partial charge in [0, 0.05) is 11.8 Å². The molecule has 82 valence electrons. The van der Waals surface area contributed by atoms with Crippen LogP contribution in [0.3, 0.4) is 0 Å². The molecule has 0 aliphatic rings. The summed E-state index contributed by atoms with van der Waals surface area (Å²) >= 11 is 0. The number of hydrogen-bond donors (Lipinski definition) is 1. The quantitative estimate of drug-likeness (QED) is 0.688. The topological polar surface area (TPSA) is 58.9 Å². The van der Waals surface area contributed by atoms with Gasteiger partial charge in [-0.1, -0.05) is 12.1 Å². The lowest BCUT2D eigenvalue weighted by molar-refractivity contribution is 0.473. The van der Waals surface area contributed by atoms with E-state index in [4.69, 9.17) is 0 Å². The molecule has 1 aromatic carbocycles. The summed E-state index contributed by atoms with van der Waals surface area (Å²) in [6, 6.07) is 9.27. The third-order valence-electron chi connectivity index (χ3n) is 2.47. The molecular formula is C13H9N3O. The lowest BCUT2D eigenvalue weighted by atomic mass is 10.2. The van der Waals surface area contributed by atoms with Crippen molar-refractivity contribution in [3.8, 4) is 17.0 Å². The van der Waals surface area contributed by atoms with Crippen LogP contribution in [0, 0.1) is 0 Å².